The van der Waals surface area contributed by atoms with Crippen molar-refractivity contribution in [3.8, 4) is 0 Å². The fourth-order valence-corrected chi connectivity index (χ4v) is 2.23. The fourth-order valence-electron chi connectivity index (χ4n) is 2.23. The molecule has 20 heavy (non-hydrogen) atoms. The van der Waals surface area contributed by atoms with Gasteiger partial charge >= 0.3 is 0 Å². The fraction of sp³-hybridized carbons (Fsp3) is 0.562. The van der Waals surface area contributed by atoms with Crippen LogP contribution in [0.4, 0.5) is 4.39 Å². The van der Waals surface area contributed by atoms with E-state index in [1.807, 2.05) is 27.7 Å². The molecule has 2 N–H and O–H groups in total. The maximum absolute atomic E-state index is 13.0. The average Bonchev–Trinajstić information content (AvgIpc) is 2.46. The van der Waals surface area contributed by atoms with Gasteiger partial charge in [0.2, 0.25) is 5.91 Å². The van der Waals surface area contributed by atoms with Crippen molar-refractivity contribution in [2.24, 2.45) is 11.7 Å². The molecule has 112 valence electrons. The van der Waals surface area contributed by atoms with Gasteiger partial charge < -0.3 is 10.6 Å². The number of carbonyl (C=O) groups excluding carboxylic acids is 1. The first-order chi connectivity index (χ1) is 9.42. The van der Waals surface area contributed by atoms with Gasteiger partial charge in [0, 0.05) is 6.54 Å². The first-order valence-electron chi connectivity index (χ1n) is 7.23. The van der Waals surface area contributed by atoms with E-state index in [9.17, 15) is 9.18 Å². The third kappa shape index (κ3) is 3.79. The Balaban J connectivity index is 2.89. The molecule has 0 heterocycles. The maximum atomic E-state index is 13.0. The first-order valence-corrected chi connectivity index (χ1v) is 7.23. The smallest absolute Gasteiger partial charge is 0.240 e. The second-order valence-electron chi connectivity index (χ2n) is 5.26. The molecular formula is C16H25FN2O. The Labute approximate surface area is 121 Å². The lowest BCUT2D eigenvalue weighted by atomic mass is 9.97. The number of halogens is 1. The Hall–Kier alpha value is -1.42. The van der Waals surface area contributed by atoms with Crippen molar-refractivity contribution in [3.63, 3.8) is 0 Å². The van der Waals surface area contributed by atoms with Crippen LogP contribution < -0.4 is 5.73 Å². The number of nitrogens with two attached hydrogens (primary N) is 1. The van der Waals surface area contributed by atoms with E-state index in [1.165, 1.54) is 12.1 Å². The summed E-state index contributed by atoms with van der Waals surface area (Å²) in [5, 5.41) is 0. The topological polar surface area (TPSA) is 46.3 Å². The number of nitrogens with zero attached hydrogens (tertiary/aromatic N) is 1. The lowest BCUT2D eigenvalue weighted by molar-refractivity contribution is -0.135. The van der Waals surface area contributed by atoms with Gasteiger partial charge in [-0.3, -0.25) is 4.79 Å². The Bertz CT molecular complexity index is 433. The minimum absolute atomic E-state index is 0.0429. The molecule has 1 rings (SSSR count). The monoisotopic (exact) mass is 280 g/mol. The van der Waals surface area contributed by atoms with Crippen LogP contribution in [0.1, 0.15) is 45.7 Å². The predicted molar refractivity (Wildman–Crippen MR) is 79.6 cm³/mol. The minimum atomic E-state index is -0.483. The number of amides is 1. The van der Waals surface area contributed by atoms with E-state index in [0.29, 0.717) is 6.54 Å². The van der Waals surface area contributed by atoms with Crippen LogP contribution in [0.15, 0.2) is 24.3 Å². The lowest BCUT2D eigenvalue weighted by Crippen LogP contribution is -2.47. The number of hydrogen-bond acceptors (Lipinski definition) is 2. The Kier molecular flexibility index (Phi) is 6.14. The van der Waals surface area contributed by atoms with Gasteiger partial charge in [0.15, 0.2) is 0 Å². The van der Waals surface area contributed by atoms with Gasteiger partial charge in [0.1, 0.15) is 5.82 Å². The van der Waals surface area contributed by atoms with Crippen LogP contribution in [0.3, 0.4) is 0 Å². The molecule has 0 aliphatic carbocycles. The highest BCUT2D eigenvalue weighted by Gasteiger charge is 2.27. The van der Waals surface area contributed by atoms with Crippen molar-refractivity contribution in [3.05, 3.63) is 35.6 Å². The average molecular weight is 280 g/mol. The van der Waals surface area contributed by atoms with Crippen LogP contribution >= 0.6 is 0 Å². The molecule has 0 aliphatic rings. The number of benzene rings is 1. The van der Waals surface area contributed by atoms with Crippen LogP contribution in [0.5, 0.6) is 0 Å². The summed E-state index contributed by atoms with van der Waals surface area (Å²) in [5.74, 6) is -0.165. The van der Waals surface area contributed by atoms with Gasteiger partial charge in [0.25, 0.3) is 0 Å². The van der Waals surface area contributed by atoms with Crippen molar-refractivity contribution in [2.75, 3.05) is 6.54 Å². The van der Waals surface area contributed by atoms with Crippen LogP contribution in [-0.4, -0.2) is 23.4 Å². The van der Waals surface area contributed by atoms with Crippen LogP contribution in [0.25, 0.3) is 0 Å². The summed E-state index contributed by atoms with van der Waals surface area (Å²) in [5.41, 5.74) is 6.95. The minimum Gasteiger partial charge on any atom is -0.335 e. The number of carbonyl (C=O) groups is 1. The normalized spacial score (nSPS) is 15.5. The predicted octanol–water partition coefficient (Wildman–Crippen LogP) is 3.11. The third-order valence-electron chi connectivity index (χ3n) is 3.99. The molecule has 0 aromatic heterocycles. The second-order valence-corrected chi connectivity index (χ2v) is 5.26. The van der Waals surface area contributed by atoms with Gasteiger partial charge in [-0.15, -0.1) is 0 Å². The summed E-state index contributed by atoms with van der Waals surface area (Å²) in [4.78, 5) is 14.2. The van der Waals surface area contributed by atoms with Gasteiger partial charge in [-0.1, -0.05) is 32.4 Å². The van der Waals surface area contributed by atoms with E-state index in [2.05, 4.69) is 0 Å². The summed E-state index contributed by atoms with van der Waals surface area (Å²) in [6, 6.07) is 5.67. The van der Waals surface area contributed by atoms with E-state index < -0.39 is 6.04 Å². The highest BCUT2D eigenvalue weighted by molar-refractivity contribution is 5.82. The molecular weight excluding hydrogens is 255 g/mol. The van der Waals surface area contributed by atoms with Gasteiger partial charge in [0.05, 0.1) is 12.1 Å². The van der Waals surface area contributed by atoms with Crippen molar-refractivity contribution in [1.82, 2.24) is 4.90 Å². The Morgan fingerprint density at radius 1 is 1.25 bits per heavy atom. The molecule has 0 bridgehead atoms. The molecule has 0 saturated carbocycles. The molecule has 0 spiro atoms. The van der Waals surface area contributed by atoms with Crippen molar-refractivity contribution in [1.29, 1.82) is 0 Å². The Morgan fingerprint density at radius 2 is 1.80 bits per heavy atom. The summed E-state index contributed by atoms with van der Waals surface area (Å²) in [7, 11) is 0. The first kappa shape index (κ1) is 16.6. The van der Waals surface area contributed by atoms with Crippen molar-refractivity contribution < 1.29 is 9.18 Å². The molecule has 1 aromatic rings. The van der Waals surface area contributed by atoms with Gasteiger partial charge in [-0.05, 0) is 37.5 Å². The van der Waals surface area contributed by atoms with Gasteiger partial charge in [-0.2, -0.15) is 0 Å². The molecule has 0 saturated heterocycles. The quantitative estimate of drug-likeness (QED) is 0.870. The SMILES string of the molecule is CC[C@H](C)[C@H](N)C(=O)N(CC)C(C)c1ccc(F)cc1. The summed E-state index contributed by atoms with van der Waals surface area (Å²) < 4.78 is 13.0. The molecule has 1 amide bonds. The largest absolute Gasteiger partial charge is 0.335 e. The summed E-state index contributed by atoms with van der Waals surface area (Å²) in [6.07, 6.45) is 0.870. The van der Waals surface area contributed by atoms with E-state index in [-0.39, 0.29) is 23.7 Å². The zero-order chi connectivity index (χ0) is 15.3. The molecule has 0 fully saturated rings. The highest BCUT2D eigenvalue weighted by Crippen LogP contribution is 2.22. The standard InChI is InChI=1S/C16H25FN2O/c1-5-11(3)15(18)16(20)19(6-2)12(4)13-7-9-14(17)10-8-13/h7-12,15H,5-6,18H2,1-4H3/t11-,12?,15-/m0/s1. The molecule has 0 radical (unpaired) electrons. The van der Waals surface area contributed by atoms with Crippen LogP contribution in [0.2, 0.25) is 0 Å². The number of rotatable bonds is 6. The molecule has 1 aromatic carbocycles. The third-order valence-corrected chi connectivity index (χ3v) is 3.99. The molecule has 0 aliphatic heterocycles. The van der Waals surface area contributed by atoms with Crippen molar-refractivity contribution >= 4 is 5.91 Å². The highest BCUT2D eigenvalue weighted by atomic mass is 19.1. The number of likely N-dealkylation sites (N-methyl/N-ethyl adjacent to an activating group) is 1. The van der Waals surface area contributed by atoms with Crippen LogP contribution in [0, 0.1) is 11.7 Å². The van der Waals surface area contributed by atoms with E-state index in [1.54, 1.807) is 17.0 Å². The molecule has 1 unspecified atom stereocenters. The second kappa shape index (κ2) is 7.39. The van der Waals surface area contributed by atoms with E-state index >= 15 is 0 Å². The van der Waals surface area contributed by atoms with Gasteiger partial charge in [-0.25, -0.2) is 4.39 Å². The van der Waals surface area contributed by atoms with E-state index in [4.69, 9.17) is 5.73 Å². The molecule has 4 heteroatoms. The lowest BCUT2D eigenvalue weighted by Gasteiger charge is -2.32. The van der Waals surface area contributed by atoms with Crippen LogP contribution in [-0.2, 0) is 4.79 Å². The van der Waals surface area contributed by atoms with Crippen molar-refractivity contribution in [2.45, 2.75) is 46.2 Å². The maximum Gasteiger partial charge on any atom is 0.240 e. The molecule has 3 atom stereocenters. The summed E-state index contributed by atoms with van der Waals surface area (Å²) >= 11 is 0. The Morgan fingerprint density at radius 3 is 2.25 bits per heavy atom. The summed E-state index contributed by atoms with van der Waals surface area (Å²) in [6.45, 7) is 8.47. The zero-order valence-corrected chi connectivity index (χ0v) is 12.8. The number of hydrogen-bond donors (Lipinski definition) is 1. The molecule has 3 nitrogen and oxygen atoms in total. The van der Waals surface area contributed by atoms with E-state index in [0.717, 1.165) is 12.0 Å². The zero-order valence-electron chi connectivity index (χ0n) is 12.8.